The van der Waals surface area contributed by atoms with Crippen molar-refractivity contribution in [1.29, 1.82) is 0 Å². The molecule has 3 aromatic rings. The number of hydrogen-bond acceptors (Lipinski definition) is 6. The summed E-state index contributed by atoms with van der Waals surface area (Å²) in [6.07, 6.45) is 13.4. The molecule has 0 amide bonds. The maximum Gasteiger partial charge on any atom is 0.317 e. The van der Waals surface area contributed by atoms with E-state index in [1.807, 2.05) is 26.0 Å². The average molecular weight is 651 g/mol. The van der Waals surface area contributed by atoms with Crippen molar-refractivity contribution in [1.82, 2.24) is 20.3 Å². The standard InChI is InChI=1S/C39H46N4O5/c1-9-12-15-48-32(44)14-13-25-21(6)28-16-26-19(4)23(10-2)30(40-26)17-27-20(5)24(11-3)31(41-27)18-29-22(7)33-37(43-29)34(36(25)42-28)35(38(33)45)39(46)47-8/h9-10,12,16-18,21,25,34-36,40-43H,2,11,13-15H2,1,3-8H3/b12-9-,27-17-,28-16+,31-18-/t21-,25-,34-,35+,36?/m0/s1. The van der Waals surface area contributed by atoms with Crippen molar-refractivity contribution in [2.75, 3.05) is 13.7 Å². The van der Waals surface area contributed by atoms with Gasteiger partial charge >= 0.3 is 11.9 Å². The molecular formula is C39H46N4O5. The molecule has 5 heterocycles. The molecule has 9 heteroatoms. The third-order valence-corrected chi connectivity index (χ3v) is 10.8. The molecule has 9 nitrogen and oxygen atoms in total. The van der Waals surface area contributed by atoms with Gasteiger partial charge in [-0.1, -0.05) is 38.7 Å². The van der Waals surface area contributed by atoms with Crippen molar-refractivity contribution in [3.8, 4) is 0 Å². The van der Waals surface area contributed by atoms with Gasteiger partial charge in [0.05, 0.1) is 7.11 Å². The lowest BCUT2D eigenvalue weighted by molar-refractivity contribution is -0.145. The fraction of sp³-hybridized carbons (Fsp3) is 0.410. The van der Waals surface area contributed by atoms with E-state index in [0.717, 1.165) is 67.8 Å². The first-order valence-electron chi connectivity index (χ1n) is 16.9. The Morgan fingerprint density at radius 1 is 0.979 bits per heavy atom. The van der Waals surface area contributed by atoms with Crippen LogP contribution in [0, 0.1) is 38.5 Å². The molecule has 0 aromatic carbocycles. The Morgan fingerprint density at radius 2 is 1.71 bits per heavy atom. The van der Waals surface area contributed by atoms with Gasteiger partial charge in [0.25, 0.3) is 0 Å². The van der Waals surface area contributed by atoms with Gasteiger partial charge in [0, 0.05) is 74.6 Å². The molecule has 0 saturated carbocycles. The normalized spacial score (nSPS) is 25.1. The molecule has 5 atom stereocenters. The van der Waals surface area contributed by atoms with Crippen molar-refractivity contribution in [3.63, 3.8) is 0 Å². The minimum absolute atomic E-state index is 0.0178. The number of aromatic nitrogens is 3. The summed E-state index contributed by atoms with van der Waals surface area (Å²) in [7, 11) is 1.33. The van der Waals surface area contributed by atoms with Gasteiger partial charge < -0.3 is 29.7 Å². The van der Waals surface area contributed by atoms with Crippen LogP contribution in [-0.2, 0) is 25.5 Å². The molecule has 4 N–H and O–H groups in total. The summed E-state index contributed by atoms with van der Waals surface area (Å²) in [6.45, 7) is 16.7. The first kappa shape index (κ1) is 33.1. The van der Waals surface area contributed by atoms with Crippen molar-refractivity contribution in [2.24, 2.45) is 17.8 Å². The maximum absolute atomic E-state index is 14.2. The monoisotopic (exact) mass is 650 g/mol. The van der Waals surface area contributed by atoms with Crippen LogP contribution in [0.4, 0.5) is 0 Å². The van der Waals surface area contributed by atoms with Gasteiger partial charge in [-0.15, -0.1) is 0 Å². The Kier molecular flexibility index (Phi) is 8.98. The highest BCUT2D eigenvalue weighted by molar-refractivity contribution is 6.14. The number of rotatable bonds is 8. The van der Waals surface area contributed by atoms with Gasteiger partial charge in [0.15, 0.2) is 5.78 Å². The molecular weight excluding hydrogens is 604 g/mol. The van der Waals surface area contributed by atoms with Crippen LogP contribution in [0.2, 0.25) is 0 Å². The van der Waals surface area contributed by atoms with Crippen molar-refractivity contribution in [2.45, 2.75) is 72.8 Å². The number of ether oxygens (including phenoxy) is 2. The van der Waals surface area contributed by atoms with E-state index in [1.54, 1.807) is 6.08 Å². The molecule has 252 valence electrons. The molecule has 3 aliphatic rings. The Labute approximate surface area is 281 Å². The molecule has 48 heavy (non-hydrogen) atoms. The highest BCUT2D eigenvalue weighted by Crippen LogP contribution is 2.49. The molecule has 3 aromatic heterocycles. The molecule has 2 aliphatic heterocycles. The van der Waals surface area contributed by atoms with E-state index in [9.17, 15) is 14.4 Å². The fourth-order valence-electron chi connectivity index (χ4n) is 8.15. The minimum atomic E-state index is -1.01. The van der Waals surface area contributed by atoms with Gasteiger partial charge in [-0.2, -0.15) is 0 Å². The van der Waals surface area contributed by atoms with Gasteiger partial charge in [0.2, 0.25) is 0 Å². The SMILES string of the molecule is C=Cc1c2[nH]c(c1C)/C=C1/NC([C@@H](CCC(=O)OC/C=C\C)[C@@H]1C)[C@H]1c3[nH]c(c(C)c3C(=O)[C@@H]1C(=O)OC)/C=c1\[nH]/c(c(C)c1CC)=C\2. The number of hydrogen-bond donors (Lipinski definition) is 4. The highest BCUT2D eigenvalue weighted by atomic mass is 16.5. The second-order valence-electron chi connectivity index (χ2n) is 13.2. The predicted molar refractivity (Wildman–Crippen MR) is 188 cm³/mol. The first-order chi connectivity index (χ1) is 23.0. The van der Waals surface area contributed by atoms with E-state index in [1.165, 1.54) is 12.7 Å². The Balaban J connectivity index is 1.59. The molecule has 1 unspecified atom stereocenters. The van der Waals surface area contributed by atoms with Crippen LogP contribution in [-0.4, -0.2) is 52.4 Å². The van der Waals surface area contributed by atoms with E-state index in [0.29, 0.717) is 12.0 Å². The van der Waals surface area contributed by atoms with Crippen molar-refractivity contribution < 1.29 is 23.9 Å². The molecule has 8 bridgehead atoms. The third kappa shape index (κ3) is 5.39. The summed E-state index contributed by atoms with van der Waals surface area (Å²) in [6, 6.07) is -0.339. The zero-order valence-electron chi connectivity index (χ0n) is 28.9. The lowest BCUT2D eigenvalue weighted by Gasteiger charge is -2.29. The lowest BCUT2D eigenvalue weighted by atomic mass is 9.76. The summed E-state index contributed by atoms with van der Waals surface area (Å²) in [5, 5.41) is 5.74. The van der Waals surface area contributed by atoms with E-state index in [2.05, 4.69) is 72.8 Å². The first-order valence-corrected chi connectivity index (χ1v) is 16.9. The molecule has 1 saturated heterocycles. The zero-order chi connectivity index (χ0) is 34.4. The number of allylic oxidation sites excluding steroid dienone is 2. The van der Waals surface area contributed by atoms with Crippen LogP contribution in [0.5, 0.6) is 0 Å². The van der Waals surface area contributed by atoms with Crippen LogP contribution < -0.4 is 16.0 Å². The number of carbonyl (C=O) groups is 3. The van der Waals surface area contributed by atoms with Crippen molar-refractivity contribution >= 4 is 42.0 Å². The summed E-state index contributed by atoms with van der Waals surface area (Å²) in [5.74, 6) is -2.72. The van der Waals surface area contributed by atoms with Crippen molar-refractivity contribution in [3.05, 3.63) is 91.3 Å². The number of esters is 2. The number of ketones is 1. The quantitative estimate of drug-likeness (QED) is 0.154. The Morgan fingerprint density at radius 3 is 2.40 bits per heavy atom. The average Bonchev–Trinajstić information content (AvgIpc) is 3.80. The molecule has 1 aliphatic carbocycles. The lowest BCUT2D eigenvalue weighted by Crippen LogP contribution is -2.40. The number of methoxy groups -OCH3 is 1. The second-order valence-corrected chi connectivity index (χ2v) is 13.2. The van der Waals surface area contributed by atoms with E-state index in [-0.39, 0.29) is 42.7 Å². The molecule has 0 radical (unpaired) electrons. The minimum Gasteiger partial charge on any atom is -0.468 e. The second kappa shape index (κ2) is 13.0. The van der Waals surface area contributed by atoms with E-state index >= 15 is 0 Å². The number of carbonyl (C=O) groups excluding carboxylic acids is 3. The largest absolute Gasteiger partial charge is 0.468 e. The van der Waals surface area contributed by atoms with Crippen LogP contribution in [0.3, 0.4) is 0 Å². The molecule has 6 rings (SSSR count). The number of nitrogens with one attached hydrogen (secondary N) is 4. The Bertz CT molecular complexity index is 2000. The third-order valence-electron chi connectivity index (χ3n) is 10.8. The summed E-state index contributed by atoms with van der Waals surface area (Å²) < 4.78 is 10.7. The van der Waals surface area contributed by atoms with E-state index < -0.39 is 17.8 Å². The van der Waals surface area contributed by atoms with Crippen LogP contribution in [0.15, 0.2) is 24.4 Å². The number of H-pyrrole nitrogens is 3. The molecule has 1 fully saturated rings. The summed E-state index contributed by atoms with van der Waals surface area (Å²) in [5.41, 5.74) is 10.2. The fourth-order valence-corrected chi connectivity index (χ4v) is 8.15. The number of aromatic amines is 3. The number of fused-ring (bicyclic) bond motifs is 8. The van der Waals surface area contributed by atoms with E-state index in [4.69, 9.17) is 9.47 Å². The van der Waals surface area contributed by atoms with Gasteiger partial charge in [-0.25, -0.2) is 0 Å². The van der Waals surface area contributed by atoms with Gasteiger partial charge in [0.1, 0.15) is 12.5 Å². The van der Waals surface area contributed by atoms with Crippen LogP contribution in [0.25, 0.3) is 24.3 Å². The molecule has 0 spiro atoms. The van der Waals surface area contributed by atoms with Crippen LogP contribution in [0.1, 0.15) is 100 Å². The summed E-state index contributed by atoms with van der Waals surface area (Å²) in [4.78, 5) is 51.3. The predicted octanol–water partition coefficient (Wildman–Crippen LogP) is 5.01. The Hall–Kier alpha value is -4.79. The summed E-state index contributed by atoms with van der Waals surface area (Å²) >= 11 is 0. The topological polar surface area (TPSA) is 129 Å². The maximum atomic E-state index is 14.2. The zero-order valence-corrected chi connectivity index (χ0v) is 28.9. The van der Waals surface area contributed by atoms with Crippen LogP contribution >= 0.6 is 0 Å². The van der Waals surface area contributed by atoms with Gasteiger partial charge in [-0.3, -0.25) is 14.4 Å². The smallest absolute Gasteiger partial charge is 0.317 e. The highest BCUT2D eigenvalue weighted by Gasteiger charge is 2.55. The number of Topliss-reactive ketones (excluding diaryl/α,β-unsaturated/α-hetero) is 1. The van der Waals surface area contributed by atoms with Gasteiger partial charge in [-0.05, 0) is 86.9 Å².